The summed E-state index contributed by atoms with van der Waals surface area (Å²) >= 11 is 0. The summed E-state index contributed by atoms with van der Waals surface area (Å²) < 4.78 is 11.1. The number of fused-ring (bicyclic) bond motifs is 1. The molecule has 0 spiro atoms. The molecule has 1 unspecified atom stereocenters. The molecule has 0 aromatic heterocycles. The zero-order chi connectivity index (χ0) is 22.2. The molecule has 2 fully saturated rings. The second-order valence-corrected chi connectivity index (χ2v) is 9.73. The Morgan fingerprint density at radius 2 is 1.61 bits per heavy atom. The van der Waals surface area contributed by atoms with Crippen molar-refractivity contribution in [3.63, 3.8) is 0 Å². The van der Waals surface area contributed by atoms with Gasteiger partial charge in [-0.1, -0.05) is 20.8 Å². The Bertz CT molecular complexity index is 867. The number of carbonyl (C=O) groups is 3. The van der Waals surface area contributed by atoms with Gasteiger partial charge in [0.1, 0.15) is 19.3 Å². The van der Waals surface area contributed by atoms with Gasteiger partial charge in [0.15, 0.2) is 17.3 Å². The minimum absolute atomic E-state index is 0.0281. The highest BCUT2D eigenvalue weighted by Crippen LogP contribution is 2.33. The molecule has 3 aliphatic rings. The summed E-state index contributed by atoms with van der Waals surface area (Å²) in [7, 11) is 0. The summed E-state index contributed by atoms with van der Waals surface area (Å²) in [6, 6.07) is 4.99. The van der Waals surface area contributed by atoms with Gasteiger partial charge in [0.2, 0.25) is 11.8 Å². The minimum Gasteiger partial charge on any atom is -0.486 e. The van der Waals surface area contributed by atoms with Crippen molar-refractivity contribution in [3.8, 4) is 11.5 Å². The number of ketones is 1. The maximum Gasteiger partial charge on any atom is 0.245 e. The third kappa shape index (κ3) is 4.41. The van der Waals surface area contributed by atoms with Crippen LogP contribution in [0.3, 0.4) is 0 Å². The Hall–Kier alpha value is -2.57. The fraction of sp³-hybridized carbons (Fsp3) is 0.625. The highest BCUT2D eigenvalue weighted by molar-refractivity contribution is 5.98. The summed E-state index contributed by atoms with van der Waals surface area (Å²) in [6.45, 7) is 8.43. The lowest BCUT2D eigenvalue weighted by Crippen LogP contribution is -2.52. The van der Waals surface area contributed by atoms with Crippen LogP contribution in [0.15, 0.2) is 18.2 Å². The lowest BCUT2D eigenvalue weighted by atomic mass is 9.88. The SMILES string of the molecule is CC(C)(C)C(=O)N1CCCC1C(=O)N1CCC(C(=O)c2ccc3c(c2)OCCO3)CC1. The number of ether oxygens (including phenoxy) is 2. The molecule has 2 saturated heterocycles. The van der Waals surface area contributed by atoms with Crippen molar-refractivity contribution in [2.75, 3.05) is 32.8 Å². The highest BCUT2D eigenvalue weighted by atomic mass is 16.6. The van der Waals surface area contributed by atoms with Gasteiger partial charge in [0, 0.05) is 36.5 Å². The van der Waals surface area contributed by atoms with Gasteiger partial charge in [-0.3, -0.25) is 14.4 Å². The molecule has 168 valence electrons. The van der Waals surface area contributed by atoms with E-state index in [1.807, 2.05) is 25.7 Å². The van der Waals surface area contributed by atoms with Crippen LogP contribution >= 0.6 is 0 Å². The predicted octanol–water partition coefficient (Wildman–Crippen LogP) is 2.92. The van der Waals surface area contributed by atoms with E-state index in [9.17, 15) is 14.4 Å². The summed E-state index contributed by atoms with van der Waals surface area (Å²) in [5, 5.41) is 0. The van der Waals surface area contributed by atoms with Crippen molar-refractivity contribution in [1.29, 1.82) is 0 Å². The molecule has 31 heavy (non-hydrogen) atoms. The number of nitrogens with zero attached hydrogens (tertiary/aromatic N) is 2. The van der Waals surface area contributed by atoms with E-state index in [4.69, 9.17) is 9.47 Å². The molecule has 0 bridgehead atoms. The fourth-order valence-corrected chi connectivity index (χ4v) is 4.70. The van der Waals surface area contributed by atoms with Crippen LogP contribution in [0.4, 0.5) is 0 Å². The zero-order valence-corrected chi connectivity index (χ0v) is 18.7. The molecular formula is C24H32N2O5. The number of hydrogen-bond acceptors (Lipinski definition) is 5. The third-order valence-corrected chi connectivity index (χ3v) is 6.44. The molecule has 7 heteroatoms. The van der Waals surface area contributed by atoms with Crippen LogP contribution in [0.25, 0.3) is 0 Å². The van der Waals surface area contributed by atoms with Crippen LogP contribution in [0.5, 0.6) is 11.5 Å². The molecule has 2 amide bonds. The number of benzene rings is 1. The summed E-state index contributed by atoms with van der Waals surface area (Å²) in [6.07, 6.45) is 2.85. The summed E-state index contributed by atoms with van der Waals surface area (Å²) in [5.74, 6) is 1.34. The lowest BCUT2D eigenvalue weighted by Gasteiger charge is -2.36. The van der Waals surface area contributed by atoms with Gasteiger partial charge < -0.3 is 19.3 Å². The standard InChI is InChI=1S/C24H32N2O5/c1-24(2,3)23(29)26-10-4-5-18(26)22(28)25-11-8-16(9-12-25)21(27)17-6-7-19-20(15-17)31-14-13-30-19/h6-7,15-16,18H,4-5,8-14H2,1-3H3. The first-order valence-electron chi connectivity index (χ1n) is 11.3. The van der Waals surface area contributed by atoms with Crippen LogP contribution in [0, 0.1) is 11.3 Å². The Balaban J connectivity index is 1.36. The number of carbonyl (C=O) groups excluding carboxylic acids is 3. The molecule has 1 atom stereocenters. The van der Waals surface area contributed by atoms with Gasteiger partial charge >= 0.3 is 0 Å². The summed E-state index contributed by atoms with van der Waals surface area (Å²) in [4.78, 5) is 42.5. The summed E-state index contributed by atoms with van der Waals surface area (Å²) in [5.41, 5.74) is 0.137. The molecule has 7 nitrogen and oxygen atoms in total. The van der Waals surface area contributed by atoms with Gasteiger partial charge in [-0.2, -0.15) is 0 Å². The Morgan fingerprint density at radius 3 is 2.29 bits per heavy atom. The Morgan fingerprint density at radius 1 is 0.935 bits per heavy atom. The van der Waals surface area contributed by atoms with Gasteiger partial charge in [-0.25, -0.2) is 0 Å². The second-order valence-electron chi connectivity index (χ2n) is 9.73. The largest absolute Gasteiger partial charge is 0.486 e. The average molecular weight is 429 g/mol. The van der Waals surface area contributed by atoms with E-state index in [-0.39, 0.29) is 29.6 Å². The van der Waals surface area contributed by atoms with Crippen LogP contribution < -0.4 is 9.47 Å². The second kappa shape index (κ2) is 8.52. The molecule has 0 N–H and O–H groups in total. The molecule has 1 aromatic carbocycles. The van der Waals surface area contributed by atoms with E-state index in [1.54, 1.807) is 23.1 Å². The number of Topliss-reactive ketones (excluding diaryl/α,β-unsaturated/α-hetero) is 1. The third-order valence-electron chi connectivity index (χ3n) is 6.44. The monoisotopic (exact) mass is 428 g/mol. The topological polar surface area (TPSA) is 76.2 Å². The normalized spacial score (nSPS) is 21.8. The van der Waals surface area contributed by atoms with Crippen molar-refractivity contribution in [2.24, 2.45) is 11.3 Å². The first-order chi connectivity index (χ1) is 14.8. The first-order valence-corrected chi connectivity index (χ1v) is 11.3. The smallest absolute Gasteiger partial charge is 0.245 e. The van der Waals surface area contributed by atoms with E-state index in [1.165, 1.54) is 0 Å². The van der Waals surface area contributed by atoms with Crippen molar-refractivity contribution < 1.29 is 23.9 Å². The van der Waals surface area contributed by atoms with Gasteiger partial charge in [0.25, 0.3) is 0 Å². The quantitative estimate of drug-likeness (QED) is 0.692. The van der Waals surface area contributed by atoms with Crippen LogP contribution in [-0.2, 0) is 9.59 Å². The molecular weight excluding hydrogens is 396 g/mol. The number of hydrogen-bond donors (Lipinski definition) is 0. The minimum atomic E-state index is -0.494. The molecule has 1 aromatic rings. The molecule has 3 heterocycles. The van der Waals surface area contributed by atoms with E-state index < -0.39 is 5.41 Å². The van der Waals surface area contributed by atoms with E-state index in [0.717, 1.165) is 12.8 Å². The number of likely N-dealkylation sites (tertiary alicyclic amines) is 2. The predicted molar refractivity (Wildman–Crippen MR) is 115 cm³/mol. The van der Waals surface area contributed by atoms with E-state index >= 15 is 0 Å². The first kappa shape index (κ1) is 21.7. The highest BCUT2D eigenvalue weighted by Gasteiger charge is 2.41. The average Bonchev–Trinajstić information content (AvgIpc) is 3.26. The van der Waals surface area contributed by atoms with Crippen LogP contribution in [0.2, 0.25) is 0 Å². The molecule has 4 rings (SSSR count). The molecule has 0 saturated carbocycles. The van der Waals surface area contributed by atoms with E-state index in [2.05, 4.69) is 0 Å². The lowest BCUT2D eigenvalue weighted by molar-refractivity contribution is -0.148. The van der Waals surface area contributed by atoms with Gasteiger partial charge in [-0.15, -0.1) is 0 Å². The number of amides is 2. The molecule has 0 radical (unpaired) electrons. The number of piperidine rings is 1. The molecule has 3 aliphatic heterocycles. The Kier molecular flexibility index (Phi) is 5.95. The maximum absolute atomic E-state index is 13.2. The van der Waals surface area contributed by atoms with Gasteiger partial charge in [0.05, 0.1) is 0 Å². The van der Waals surface area contributed by atoms with Crippen molar-refractivity contribution >= 4 is 17.6 Å². The van der Waals surface area contributed by atoms with Gasteiger partial charge in [-0.05, 0) is 43.9 Å². The zero-order valence-electron chi connectivity index (χ0n) is 18.7. The fourth-order valence-electron chi connectivity index (χ4n) is 4.70. The van der Waals surface area contributed by atoms with Crippen LogP contribution in [-0.4, -0.2) is 66.3 Å². The van der Waals surface area contributed by atoms with Crippen LogP contribution in [0.1, 0.15) is 56.8 Å². The van der Waals surface area contributed by atoms with Crippen molar-refractivity contribution in [2.45, 2.75) is 52.5 Å². The molecule has 0 aliphatic carbocycles. The van der Waals surface area contributed by atoms with Crippen molar-refractivity contribution in [1.82, 2.24) is 9.80 Å². The maximum atomic E-state index is 13.2. The Labute approximate surface area is 183 Å². The van der Waals surface area contributed by atoms with E-state index in [0.29, 0.717) is 62.8 Å². The van der Waals surface area contributed by atoms with Crippen molar-refractivity contribution in [3.05, 3.63) is 23.8 Å². The number of rotatable bonds is 3.